The third kappa shape index (κ3) is 3.46. The van der Waals surface area contributed by atoms with Gasteiger partial charge < -0.3 is 5.32 Å². The van der Waals surface area contributed by atoms with Gasteiger partial charge in [0.2, 0.25) is 0 Å². The number of aryl methyl sites for hydroxylation is 2. The van der Waals surface area contributed by atoms with Gasteiger partial charge in [-0.3, -0.25) is 4.90 Å². The zero-order valence-corrected chi connectivity index (χ0v) is 11.7. The first-order chi connectivity index (χ1) is 9.42. The topological polar surface area (TPSA) is 15.3 Å². The molecule has 0 aromatic heterocycles. The molecular weight excluding hydrogens is 232 g/mol. The minimum absolute atomic E-state index is 1.08. The van der Waals surface area contributed by atoms with Crippen molar-refractivity contribution in [3.05, 3.63) is 41.0 Å². The Morgan fingerprint density at radius 3 is 3.00 bits per heavy atom. The minimum atomic E-state index is 1.08. The summed E-state index contributed by atoms with van der Waals surface area (Å²) in [7, 11) is 0. The fraction of sp³-hybridized carbons (Fsp3) is 0.529. The number of hydrogen-bond acceptors (Lipinski definition) is 2. The maximum Gasteiger partial charge on any atom is 0.0167 e. The van der Waals surface area contributed by atoms with Crippen molar-refractivity contribution in [2.75, 3.05) is 32.7 Å². The molecule has 0 spiro atoms. The molecule has 2 nitrogen and oxygen atoms in total. The van der Waals surface area contributed by atoms with Gasteiger partial charge in [0, 0.05) is 19.6 Å². The summed E-state index contributed by atoms with van der Waals surface area (Å²) < 4.78 is 0. The highest BCUT2D eigenvalue weighted by molar-refractivity contribution is 5.52. The van der Waals surface area contributed by atoms with Gasteiger partial charge in [0.05, 0.1) is 0 Å². The van der Waals surface area contributed by atoms with E-state index in [2.05, 4.69) is 40.6 Å². The summed E-state index contributed by atoms with van der Waals surface area (Å²) in [6.07, 6.45) is 9.77. The smallest absolute Gasteiger partial charge is 0.0167 e. The van der Waals surface area contributed by atoms with Gasteiger partial charge in [0.1, 0.15) is 0 Å². The Bertz CT molecular complexity index is 443. The molecule has 2 aliphatic rings. The monoisotopic (exact) mass is 256 g/mol. The van der Waals surface area contributed by atoms with E-state index in [1.165, 1.54) is 50.9 Å². The quantitative estimate of drug-likeness (QED) is 0.894. The second-order valence-corrected chi connectivity index (χ2v) is 5.69. The Morgan fingerprint density at radius 1 is 1.05 bits per heavy atom. The summed E-state index contributed by atoms with van der Waals surface area (Å²) in [5, 5.41) is 3.45. The van der Waals surface area contributed by atoms with Crippen LogP contribution >= 0.6 is 0 Å². The van der Waals surface area contributed by atoms with Crippen LogP contribution in [0.1, 0.15) is 29.5 Å². The molecule has 0 amide bonds. The number of nitrogens with zero attached hydrogens (tertiary/aromatic N) is 1. The van der Waals surface area contributed by atoms with Crippen LogP contribution < -0.4 is 5.32 Å². The van der Waals surface area contributed by atoms with Gasteiger partial charge in [-0.2, -0.15) is 0 Å². The van der Waals surface area contributed by atoms with Crippen LogP contribution in [0.25, 0.3) is 6.08 Å². The van der Waals surface area contributed by atoms with Crippen LogP contribution in [0.5, 0.6) is 0 Å². The van der Waals surface area contributed by atoms with Gasteiger partial charge in [-0.15, -0.1) is 0 Å². The Kier molecular flexibility index (Phi) is 4.31. The third-order valence-electron chi connectivity index (χ3n) is 4.23. The van der Waals surface area contributed by atoms with Crippen molar-refractivity contribution in [2.45, 2.75) is 25.7 Å². The predicted molar refractivity (Wildman–Crippen MR) is 81.4 cm³/mol. The largest absolute Gasteiger partial charge is 0.315 e. The SMILES string of the molecule is C(=C\c1ccc2c(c1)CCC2)/CN1CCCNCC1. The number of fused-ring (bicyclic) bond motifs is 1. The van der Waals surface area contributed by atoms with Crippen LogP contribution in [-0.2, 0) is 12.8 Å². The summed E-state index contributed by atoms with van der Waals surface area (Å²) in [4.78, 5) is 2.53. The van der Waals surface area contributed by atoms with E-state index in [1.807, 2.05) is 0 Å². The van der Waals surface area contributed by atoms with Crippen molar-refractivity contribution in [1.82, 2.24) is 10.2 Å². The van der Waals surface area contributed by atoms with Gasteiger partial charge in [-0.05, 0) is 55.5 Å². The van der Waals surface area contributed by atoms with Gasteiger partial charge in [0.15, 0.2) is 0 Å². The number of rotatable bonds is 3. The first kappa shape index (κ1) is 12.9. The lowest BCUT2D eigenvalue weighted by Gasteiger charge is -2.16. The Morgan fingerprint density at radius 2 is 2.00 bits per heavy atom. The predicted octanol–water partition coefficient (Wildman–Crippen LogP) is 2.48. The van der Waals surface area contributed by atoms with Crippen LogP contribution in [0, 0.1) is 0 Å². The molecule has 1 fully saturated rings. The van der Waals surface area contributed by atoms with Gasteiger partial charge in [-0.25, -0.2) is 0 Å². The summed E-state index contributed by atoms with van der Waals surface area (Å²) in [6, 6.07) is 6.96. The van der Waals surface area contributed by atoms with Gasteiger partial charge >= 0.3 is 0 Å². The molecule has 0 radical (unpaired) electrons. The highest BCUT2D eigenvalue weighted by atomic mass is 15.1. The molecule has 1 aliphatic carbocycles. The van der Waals surface area contributed by atoms with E-state index in [0.717, 1.165) is 13.1 Å². The highest BCUT2D eigenvalue weighted by Gasteiger charge is 2.10. The van der Waals surface area contributed by atoms with Crippen LogP contribution in [-0.4, -0.2) is 37.6 Å². The third-order valence-corrected chi connectivity index (χ3v) is 4.23. The second kappa shape index (κ2) is 6.36. The molecule has 1 aromatic carbocycles. The molecule has 1 N–H and O–H groups in total. The first-order valence-electron chi connectivity index (χ1n) is 7.63. The lowest BCUT2D eigenvalue weighted by Crippen LogP contribution is -2.28. The lowest BCUT2D eigenvalue weighted by molar-refractivity contribution is 0.324. The standard InChI is InChI=1S/C17H24N2/c1-5-16-8-7-15(14-17(16)6-1)4-2-11-19-12-3-9-18-10-13-19/h2,4,7-8,14,18H,1,3,5-6,9-13H2/b4-2+. The van der Waals surface area contributed by atoms with Crippen molar-refractivity contribution in [3.63, 3.8) is 0 Å². The van der Waals surface area contributed by atoms with Crippen LogP contribution in [0.15, 0.2) is 24.3 Å². The van der Waals surface area contributed by atoms with E-state index >= 15 is 0 Å². The number of hydrogen-bond donors (Lipinski definition) is 1. The minimum Gasteiger partial charge on any atom is -0.315 e. The Hall–Kier alpha value is -1.12. The summed E-state index contributed by atoms with van der Waals surface area (Å²) in [6.45, 7) is 5.78. The molecule has 3 rings (SSSR count). The highest BCUT2D eigenvalue weighted by Crippen LogP contribution is 2.23. The van der Waals surface area contributed by atoms with Gasteiger partial charge in [-0.1, -0.05) is 30.4 Å². The van der Waals surface area contributed by atoms with E-state index in [4.69, 9.17) is 0 Å². The van der Waals surface area contributed by atoms with E-state index in [0.29, 0.717) is 0 Å². The Balaban J connectivity index is 1.56. The number of benzene rings is 1. The molecule has 0 atom stereocenters. The first-order valence-corrected chi connectivity index (χ1v) is 7.63. The van der Waals surface area contributed by atoms with Crippen LogP contribution in [0.3, 0.4) is 0 Å². The van der Waals surface area contributed by atoms with Crippen molar-refractivity contribution in [2.24, 2.45) is 0 Å². The van der Waals surface area contributed by atoms with Crippen molar-refractivity contribution in [1.29, 1.82) is 0 Å². The zero-order valence-electron chi connectivity index (χ0n) is 11.7. The maximum atomic E-state index is 3.45. The molecule has 0 bridgehead atoms. The van der Waals surface area contributed by atoms with E-state index in [9.17, 15) is 0 Å². The molecule has 1 aromatic rings. The molecule has 0 saturated carbocycles. The molecular formula is C17H24N2. The molecule has 19 heavy (non-hydrogen) atoms. The van der Waals surface area contributed by atoms with Crippen LogP contribution in [0.4, 0.5) is 0 Å². The average molecular weight is 256 g/mol. The second-order valence-electron chi connectivity index (χ2n) is 5.69. The Labute approximate surface area is 116 Å². The van der Waals surface area contributed by atoms with E-state index < -0.39 is 0 Å². The normalized spacial score (nSPS) is 20.6. The summed E-state index contributed by atoms with van der Waals surface area (Å²) >= 11 is 0. The van der Waals surface area contributed by atoms with Crippen molar-refractivity contribution in [3.8, 4) is 0 Å². The maximum absolute atomic E-state index is 3.45. The average Bonchev–Trinajstić information content (AvgIpc) is 2.74. The molecule has 1 aliphatic heterocycles. The molecule has 0 unspecified atom stereocenters. The summed E-state index contributed by atoms with van der Waals surface area (Å²) in [5.41, 5.74) is 4.51. The van der Waals surface area contributed by atoms with Gasteiger partial charge in [0.25, 0.3) is 0 Å². The zero-order chi connectivity index (χ0) is 12.9. The molecule has 1 heterocycles. The lowest BCUT2D eigenvalue weighted by atomic mass is 10.1. The van der Waals surface area contributed by atoms with E-state index in [-0.39, 0.29) is 0 Å². The van der Waals surface area contributed by atoms with Crippen molar-refractivity contribution >= 4 is 6.08 Å². The fourth-order valence-corrected chi connectivity index (χ4v) is 3.12. The fourth-order valence-electron chi connectivity index (χ4n) is 3.12. The molecule has 102 valence electrons. The molecule has 2 heteroatoms. The van der Waals surface area contributed by atoms with E-state index in [1.54, 1.807) is 11.1 Å². The van der Waals surface area contributed by atoms with Crippen molar-refractivity contribution < 1.29 is 0 Å². The summed E-state index contributed by atoms with van der Waals surface area (Å²) in [5.74, 6) is 0. The molecule has 1 saturated heterocycles. The number of nitrogens with one attached hydrogen (secondary N) is 1. The van der Waals surface area contributed by atoms with Crippen LogP contribution in [0.2, 0.25) is 0 Å².